The van der Waals surface area contributed by atoms with E-state index in [1.54, 1.807) is 0 Å². The first-order valence-electron chi connectivity index (χ1n) is 8.83. The largest absolute Gasteiger partial charge is 0.385 e. The van der Waals surface area contributed by atoms with Crippen molar-refractivity contribution in [3.05, 3.63) is 12.2 Å². The van der Waals surface area contributed by atoms with Crippen molar-refractivity contribution in [1.82, 2.24) is 0 Å². The lowest BCUT2D eigenvalue weighted by Crippen LogP contribution is -2.53. The number of unbranched alkanes of at least 4 members (excludes halogenated alkanes) is 9. The van der Waals surface area contributed by atoms with Crippen LogP contribution in [0.1, 0.15) is 77.6 Å². The predicted molar refractivity (Wildman–Crippen MR) is 87.6 cm³/mol. The highest BCUT2D eigenvalue weighted by Crippen LogP contribution is 2.27. The number of aliphatic hydroxyl groups excluding tert-OH is 2. The summed E-state index contributed by atoms with van der Waals surface area (Å²) in [5.74, 6) is -0.461. The van der Waals surface area contributed by atoms with Gasteiger partial charge in [0.1, 0.15) is 12.2 Å². The molecule has 0 aliphatic heterocycles. The summed E-state index contributed by atoms with van der Waals surface area (Å²) in [7, 11) is 0. The minimum absolute atomic E-state index is 0.211. The van der Waals surface area contributed by atoms with Gasteiger partial charge in [-0.1, -0.05) is 76.9 Å². The molecule has 0 spiro atoms. The van der Waals surface area contributed by atoms with E-state index in [1.807, 2.05) is 0 Å². The van der Waals surface area contributed by atoms with E-state index in [0.717, 1.165) is 12.8 Å². The van der Waals surface area contributed by atoms with Gasteiger partial charge in [-0.3, -0.25) is 4.79 Å². The summed E-state index contributed by atoms with van der Waals surface area (Å²) >= 11 is 0. The van der Waals surface area contributed by atoms with Gasteiger partial charge in [-0.15, -0.1) is 0 Å². The zero-order valence-corrected chi connectivity index (χ0v) is 13.8. The highest BCUT2D eigenvalue weighted by molar-refractivity contribution is 5.89. The lowest BCUT2D eigenvalue weighted by Gasteiger charge is -2.28. The van der Waals surface area contributed by atoms with Gasteiger partial charge in [0.05, 0.1) is 0 Å². The Labute approximate surface area is 134 Å². The number of aliphatic hydroxyl groups is 3. The fourth-order valence-corrected chi connectivity index (χ4v) is 2.98. The van der Waals surface area contributed by atoms with Gasteiger partial charge in [-0.05, 0) is 6.42 Å². The number of rotatable bonds is 12. The maximum absolute atomic E-state index is 12.0. The number of carbonyl (C=O) groups is 1. The van der Waals surface area contributed by atoms with Crippen LogP contribution >= 0.6 is 0 Å². The van der Waals surface area contributed by atoms with Crippen molar-refractivity contribution in [3.8, 4) is 0 Å². The maximum atomic E-state index is 12.0. The van der Waals surface area contributed by atoms with Gasteiger partial charge < -0.3 is 15.3 Å². The third kappa shape index (κ3) is 5.49. The molecule has 3 atom stereocenters. The van der Waals surface area contributed by atoms with E-state index in [9.17, 15) is 20.1 Å². The summed E-state index contributed by atoms with van der Waals surface area (Å²) in [5.41, 5.74) is -2.03. The van der Waals surface area contributed by atoms with Crippen LogP contribution in [-0.2, 0) is 4.79 Å². The van der Waals surface area contributed by atoms with E-state index in [4.69, 9.17) is 0 Å². The SMILES string of the molecule is CCCCCCCCCCCCC(=O)C1(O)C(O)C=C[C@H]1O. The van der Waals surface area contributed by atoms with Gasteiger partial charge >= 0.3 is 0 Å². The quantitative estimate of drug-likeness (QED) is 0.382. The van der Waals surface area contributed by atoms with Crippen molar-refractivity contribution in [2.75, 3.05) is 0 Å². The molecule has 3 N–H and O–H groups in total. The van der Waals surface area contributed by atoms with E-state index in [-0.39, 0.29) is 6.42 Å². The van der Waals surface area contributed by atoms with E-state index >= 15 is 0 Å². The zero-order valence-electron chi connectivity index (χ0n) is 13.8. The zero-order chi connectivity index (χ0) is 16.4. The molecule has 1 rings (SSSR count). The van der Waals surface area contributed by atoms with Gasteiger partial charge in [-0.25, -0.2) is 0 Å². The Bertz CT molecular complexity index is 339. The molecule has 0 amide bonds. The average Bonchev–Trinajstić information content (AvgIpc) is 2.77. The second-order valence-electron chi connectivity index (χ2n) is 6.46. The second kappa shape index (κ2) is 10.1. The van der Waals surface area contributed by atoms with Crippen LogP contribution in [0.3, 0.4) is 0 Å². The number of Topliss-reactive ketones (excluding diaryl/α,β-unsaturated/α-hetero) is 1. The fourth-order valence-electron chi connectivity index (χ4n) is 2.98. The molecule has 0 aromatic carbocycles. The Morgan fingerprint density at radius 3 is 1.73 bits per heavy atom. The molecule has 1 aliphatic rings. The van der Waals surface area contributed by atoms with Crippen LogP contribution in [0.4, 0.5) is 0 Å². The Morgan fingerprint density at radius 1 is 0.864 bits per heavy atom. The first-order chi connectivity index (χ1) is 10.5. The first kappa shape index (κ1) is 19.3. The molecule has 0 aromatic rings. The van der Waals surface area contributed by atoms with E-state index in [2.05, 4.69) is 6.92 Å². The second-order valence-corrected chi connectivity index (χ2v) is 6.46. The van der Waals surface area contributed by atoms with Crippen LogP contribution in [0.2, 0.25) is 0 Å². The minimum Gasteiger partial charge on any atom is -0.385 e. The van der Waals surface area contributed by atoms with E-state index in [1.165, 1.54) is 57.1 Å². The Morgan fingerprint density at radius 2 is 1.27 bits per heavy atom. The highest BCUT2D eigenvalue weighted by atomic mass is 16.4. The molecule has 128 valence electrons. The summed E-state index contributed by atoms with van der Waals surface area (Å²) in [6.45, 7) is 2.22. The van der Waals surface area contributed by atoms with Crippen molar-refractivity contribution in [2.24, 2.45) is 0 Å². The van der Waals surface area contributed by atoms with E-state index < -0.39 is 23.6 Å². The molecule has 0 saturated heterocycles. The summed E-state index contributed by atoms with van der Waals surface area (Å²) < 4.78 is 0. The van der Waals surface area contributed by atoms with Gasteiger partial charge in [0.15, 0.2) is 11.4 Å². The van der Waals surface area contributed by atoms with Crippen molar-refractivity contribution >= 4 is 5.78 Å². The van der Waals surface area contributed by atoms with E-state index in [0.29, 0.717) is 6.42 Å². The highest BCUT2D eigenvalue weighted by Gasteiger charge is 2.49. The molecule has 22 heavy (non-hydrogen) atoms. The molecular weight excluding hydrogens is 280 g/mol. The summed E-state index contributed by atoms with van der Waals surface area (Å²) in [5, 5.41) is 29.4. The first-order valence-corrected chi connectivity index (χ1v) is 8.83. The maximum Gasteiger partial charge on any atom is 0.181 e. The third-order valence-corrected chi connectivity index (χ3v) is 4.58. The molecule has 0 saturated carbocycles. The molecule has 1 aliphatic carbocycles. The minimum atomic E-state index is -2.03. The summed E-state index contributed by atoms with van der Waals surface area (Å²) in [4.78, 5) is 12.0. The molecule has 4 nitrogen and oxygen atoms in total. The molecule has 0 heterocycles. The van der Waals surface area contributed by atoms with Crippen molar-refractivity contribution in [3.63, 3.8) is 0 Å². The molecule has 0 fully saturated rings. The summed E-state index contributed by atoms with van der Waals surface area (Å²) in [6.07, 6.45) is 11.9. The average molecular weight is 312 g/mol. The number of hydrogen-bond donors (Lipinski definition) is 3. The molecule has 2 unspecified atom stereocenters. The standard InChI is InChI=1S/C18H32O4/c1-2-3-4-5-6-7-8-9-10-11-12-15(19)18(22)16(20)13-14-17(18)21/h13-14,16-17,20-22H,2-12H2,1H3/t16-,17?,18?/m1/s1. The van der Waals surface area contributed by atoms with Gasteiger partial charge in [0.2, 0.25) is 0 Å². The molecular formula is C18H32O4. The molecule has 0 radical (unpaired) electrons. The van der Waals surface area contributed by atoms with Crippen molar-refractivity contribution in [1.29, 1.82) is 0 Å². The molecule has 0 aromatic heterocycles. The smallest absolute Gasteiger partial charge is 0.181 e. The Hall–Kier alpha value is -0.710. The summed E-state index contributed by atoms with van der Waals surface area (Å²) in [6, 6.07) is 0. The van der Waals surface area contributed by atoms with Gasteiger partial charge in [-0.2, -0.15) is 0 Å². The number of carbonyl (C=O) groups excluding carboxylic acids is 1. The van der Waals surface area contributed by atoms with Crippen LogP contribution in [-0.4, -0.2) is 38.9 Å². The predicted octanol–water partition coefficient (Wildman–Crippen LogP) is 2.89. The van der Waals surface area contributed by atoms with Crippen LogP contribution in [0, 0.1) is 0 Å². The van der Waals surface area contributed by atoms with Crippen LogP contribution < -0.4 is 0 Å². The Balaban J connectivity index is 2.04. The fraction of sp³-hybridized carbons (Fsp3) is 0.833. The molecule has 0 bridgehead atoms. The lowest BCUT2D eigenvalue weighted by atomic mass is 9.88. The topological polar surface area (TPSA) is 77.8 Å². The van der Waals surface area contributed by atoms with Crippen LogP contribution in [0.25, 0.3) is 0 Å². The van der Waals surface area contributed by atoms with Crippen molar-refractivity contribution in [2.45, 2.75) is 95.4 Å². The number of hydrogen-bond acceptors (Lipinski definition) is 4. The molecule has 4 heteroatoms. The van der Waals surface area contributed by atoms with Gasteiger partial charge in [0.25, 0.3) is 0 Å². The van der Waals surface area contributed by atoms with Crippen molar-refractivity contribution < 1.29 is 20.1 Å². The third-order valence-electron chi connectivity index (χ3n) is 4.58. The van der Waals surface area contributed by atoms with Crippen LogP contribution in [0.15, 0.2) is 12.2 Å². The number of ketones is 1. The lowest BCUT2D eigenvalue weighted by molar-refractivity contribution is -0.157. The van der Waals surface area contributed by atoms with Crippen LogP contribution in [0.5, 0.6) is 0 Å². The Kier molecular flexibility index (Phi) is 8.91. The monoisotopic (exact) mass is 312 g/mol. The normalized spacial score (nSPS) is 27.5. The van der Waals surface area contributed by atoms with Gasteiger partial charge in [0, 0.05) is 6.42 Å².